The van der Waals surface area contributed by atoms with Crippen LogP contribution in [0.2, 0.25) is 4.34 Å². The average molecular weight is 390 g/mol. The van der Waals surface area contributed by atoms with E-state index < -0.39 is 0 Å². The number of amides is 1. The van der Waals surface area contributed by atoms with Crippen molar-refractivity contribution in [2.45, 2.75) is 31.7 Å². The first-order valence-electron chi connectivity index (χ1n) is 8.31. The summed E-state index contributed by atoms with van der Waals surface area (Å²) in [6.45, 7) is 2.59. The summed E-state index contributed by atoms with van der Waals surface area (Å²) in [5, 5.41) is 4.05. The van der Waals surface area contributed by atoms with E-state index in [1.807, 2.05) is 24.0 Å². The number of carbonyl (C=O) groups excluding carboxylic acids is 1. The van der Waals surface area contributed by atoms with Gasteiger partial charge in [-0.05, 0) is 31.0 Å². The Hall–Kier alpha value is -2.32. The van der Waals surface area contributed by atoms with Crippen LogP contribution in [-0.2, 0) is 4.79 Å². The lowest BCUT2D eigenvalue weighted by atomic mass is 9.84. The van der Waals surface area contributed by atoms with Crippen molar-refractivity contribution < 1.29 is 9.32 Å². The summed E-state index contributed by atoms with van der Waals surface area (Å²) in [6.07, 6.45) is 4.56. The molecule has 134 valence electrons. The zero-order valence-electron chi connectivity index (χ0n) is 14.0. The minimum Gasteiger partial charge on any atom is -0.339 e. The molecular formula is C17H16ClN5O2S. The second-order valence-corrected chi connectivity index (χ2v) is 7.44. The molecule has 0 saturated carbocycles. The average Bonchev–Trinajstić information content (AvgIpc) is 3.31. The molecule has 0 aromatic carbocycles. The van der Waals surface area contributed by atoms with E-state index in [1.54, 1.807) is 17.9 Å². The first-order chi connectivity index (χ1) is 12.7. The van der Waals surface area contributed by atoms with Crippen molar-refractivity contribution >= 4 is 28.8 Å². The lowest BCUT2D eigenvalue weighted by Crippen LogP contribution is -2.42. The fraction of sp³-hybridized carbons (Fsp3) is 0.353. The summed E-state index contributed by atoms with van der Waals surface area (Å²) in [4.78, 5) is 27.1. The molecule has 4 heterocycles. The Kier molecular flexibility index (Phi) is 4.69. The van der Waals surface area contributed by atoms with Crippen molar-refractivity contribution in [1.82, 2.24) is 25.0 Å². The third-order valence-corrected chi connectivity index (χ3v) is 5.65. The summed E-state index contributed by atoms with van der Waals surface area (Å²) in [6, 6.07) is 3.68. The van der Waals surface area contributed by atoms with Gasteiger partial charge in [-0.1, -0.05) is 16.8 Å². The summed E-state index contributed by atoms with van der Waals surface area (Å²) in [5.41, 5.74) is 3.17. The maximum absolute atomic E-state index is 12.4. The van der Waals surface area contributed by atoms with Gasteiger partial charge in [-0.15, -0.1) is 11.3 Å². The predicted molar refractivity (Wildman–Crippen MR) is 96.8 cm³/mol. The van der Waals surface area contributed by atoms with E-state index in [2.05, 4.69) is 20.1 Å². The number of rotatable bonds is 4. The molecule has 9 heteroatoms. The topological polar surface area (TPSA) is 85.0 Å². The fourth-order valence-corrected chi connectivity index (χ4v) is 4.18. The van der Waals surface area contributed by atoms with E-state index in [0.29, 0.717) is 41.1 Å². The Balaban J connectivity index is 1.73. The van der Waals surface area contributed by atoms with Crippen molar-refractivity contribution in [2.75, 3.05) is 6.54 Å². The molecule has 0 N–H and O–H groups in total. The largest absolute Gasteiger partial charge is 0.339 e. The lowest BCUT2D eigenvalue weighted by molar-refractivity contribution is -0.137. The number of halogens is 1. The van der Waals surface area contributed by atoms with Gasteiger partial charge in [0, 0.05) is 25.4 Å². The Morgan fingerprint density at radius 1 is 1.38 bits per heavy atom. The molecule has 3 aromatic heterocycles. The quantitative estimate of drug-likeness (QED) is 0.676. The van der Waals surface area contributed by atoms with Crippen molar-refractivity contribution in [3.63, 3.8) is 0 Å². The molecule has 0 unspecified atom stereocenters. The number of hydrogen-bond acceptors (Lipinski definition) is 7. The normalized spacial score (nSPS) is 20.5. The number of aromatic nitrogens is 4. The van der Waals surface area contributed by atoms with E-state index in [9.17, 15) is 4.79 Å². The first-order valence-corrected chi connectivity index (χ1v) is 9.57. The molecule has 0 radical (unpaired) electrons. The van der Waals surface area contributed by atoms with Crippen molar-refractivity contribution in [2.24, 2.45) is 0 Å². The maximum Gasteiger partial charge on any atom is 0.232 e. The number of hydrogen-bond donors (Lipinski definition) is 0. The molecule has 2 atom stereocenters. The van der Waals surface area contributed by atoms with Crippen molar-refractivity contribution in [3.8, 4) is 11.5 Å². The standard InChI is InChI=1S/C17H16ClN5O2S/c1-2-23-12(24)4-3-11(14(23)10-5-7-19-8-6-10)17-21-16(22-25-17)13-15(18)26-9-20-13/h5-9,11,14H,2-4H2,1H3/t11-,14+/m0/s1. The van der Waals surface area contributed by atoms with Gasteiger partial charge in [0.15, 0.2) is 0 Å². The zero-order chi connectivity index (χ0) is 18.1. The molecule has 3 aromatic rings. The molecule has 0 bridgehead atoms. The Bertz CT molecular complexity index is 913. The number of pyridine rings is 1. The Morgan fingerprint density at radius 3 is 2.88 bits per heavy atom. The molecule has 7 nitrogen and oxygen atoms in total. The molecule has 1 aliphatic heterocycles. The highest BCUT2D eigenvalue weighted by Gasteiger charge is 2.40. The molecule has 1 fully saturated rings. The number of carbonyl (C=O) groups is 1. The van der Waals surface area contributed by atoms with E-state index in [1.165, 1.54) is 11.3 Å². The Morgan fingerprint density at radius 2 is 2.19 bits per heavy atom. The number of likely N-dealkylation sites (N-methyl/N-ethyl adjacent to an activating group) is 1. The number of piperidine rings is 1. The van der Waals surface area contributed by atoms with Crippen molar-refractivity contribution in [3.05, 3.63) is 45.8 Å². The van der Waals surface area contributed by atoms with Crippen LogP contribution in [0.1, 0.15) is 43.2 Å². The lowest BCUT2D eigenvalue weighted by Gasteiger charge is -2.39. The molecule has 0 aliphatic carbocycles. The maximum atomic E-state index is 12.4. The minimum atomic E-state index is -0.163. The summed E-state index contributed by atoms with van der Waals surface area (Å²) < 4.78 is 6.08. The van der Waals surface area contributed by atoms with Crippen LogP contribution in [0.4, 0.5) is 0 Å². The zero-order valence-corrected chi connectivity index (χ0v) is 15.6. The predicted octanol–water partition coefficient (Wildman–Crippen LogP) is 3.71. The van der Waals surface area contributed by atoms with E-state index in [4.69, 9.17) is 16.1 Å². The molecule has 26 heavy (non-hydrogen) atoms. The number of likely N-dealkylation sites (tertiary alicyclic amines) is 1. The highest BCUT2D eigenvalue weighted by Crippen LogP contribution is 2.42. The van der Waals surface area contributed by atoms with Crippen molar-refractivity contribution in [1.29, 1.82) is 0 Å². The molecule has 1 saturated heterocycles. The fourth-order valence-electron chi connectivity index (χ4n) is 3.42. The van der Waals surface area contributed by atoms with E-state index in [0.717, 1.165) is 5.56 Å². The van der Waals surface area contributed by atoms with Crippen LogP contribution in [0, 0.1) is 0 Å². The second kappa shape index (κ2) is 7.13. The first kappa shape index (κ1) is 17.1. The third-order valence-electron chi connectivity index (χ3n) is 4.59. The second-order valence-electron chi connectivity index (χ2n) is 5.98. The number of nitrogens with zero attached hydrogens (tertiary/aromatic N) is 5. The van der Waals surface area contributed by atoms with Gasteiger partial charge in [0.1, 0.15) is 10.0 Å². The van der Waals surface area contributed by atoms with Crippen LogP contribution in [0.15, 0.2) is 34.6 Å². The van der Waals surface area contributed by atoms with Crippen LogP contribution in [0.3, 0.4) is 0 Å². The summed E-state index contributed by atoms with van der Waals surface area (Å²) in [7, 11) is 0. The van der Waals surface area contributed by atoms with E-state index in [-0.39, 0.29) is 17.9 Å². The monoisotopic (exact) mass is 389 g/mol. The van der Waals surface area contributed by atoms with Gasteiger partial charge in [-0.25, -0.2) is 4.98 Å². The SMILES string of the molecule is CCN1C(=O)CC[C@H](c2nc(-c3ncsc3Cl)no2)[C@H]1c1ccncc1. The summed E-state index contributed by atoms with van der Waals surface area (Å²) >= 11 is 7.45. The van der Waals surface area contributed by atoms with Gasteiger partial charge in [0.25, 0.3) is 0 Å². The van der Waals surface area contributed by atoms with Crippen LogP contribution < -0.4 is 0 Å². The van der Waals surface area contributed by atoms with Gasteiger partial charge >= 0.3 is 0 Å². The van der Waals surface area contributed by atoms with Crippen LogP contribution in [0.25, 0.3) is 11.5 Å². The van der Waals surface area contributed by atoms with Crippen LogP contribution >= 0.6 is 22.9 Å². The minimum absolute atomic E-state index is 0.0892. The molecule has 4 rings (SSSR count). The van der Waals surface area contributed by atoms with Gasteiger partial charge in [0.05, 0.1) is 17.5 Å². The molecular weight excluding hydrogens is 374 g/mol. The smallest absolute Gasteiger partial charge is 0.232 e. The van der Waals surface area contributed by atoms with Gasteiger partial charge in [-0.2, -0.15) is 4.98 Å². The van der Waals surface area contributed by atoms with Gasteiger partial charge in [0.2, 0.25) is 17.6 Å². The van der Waals surface area contributed by atoms with Crippen LogP contribution in [-0.4, -0.2) is 37.5 Å². The van der Waals surface area contributed by atoms with Gasteiger partial charge < -0.3 is 9.42 Å². The molecule has 1 amide bonds. The molecule has 0 spiro atoms. The third kappa shape index (κ3) is 2.99. The van der Waals surface area contributed by atoms with Crippen LogP contribution in [0.5, 0.6) is 0 Å². The van der Waals surface area contributed by atoms with E-state index >= 15 is 0 Å². The van der Waals surface area contributed by atoms with Gasteiger partial charge in [-0.3, -0.25) is 9.78 Å². The Labute approximate surface area is 159 Å². The highest BCUT2D eigenvalue weighted by molar-refractivity contribution is 7.14. The molecule has 1 aliphatic rings. The summed E-state index contributed by atoms with van der Waals surface area (Å²) in [5.74, 6) is 0.915. The highest BCUT2D eigenvalue weighted by atomic mass is 35.5. The number of thiazole rings is 1.